The monoisotopic (exact) mass is 351 g/mol. The van der Waals surface area contributed by atoms with Crippen molar-refractivity contribution in [2.75, 3.05) is 31.6 Å². The highest BCUT2D eigenvalue weighted by molar-refractivity contribution is 9.10. The summed E-state index contributed by atoms with van der Waals surface area (Å²) in [5.41, 5.74) is 0.905. The van der Waals surface area contributed by atoms with Crippen molar-refractivity contribution in [3.05, 3.63) is 22.7 Å². The molecule has 2 aromatic rings. The van der Waals surface area contributed by atoms with Crippen LogP contribution in [0.3, 0.4) is 0 Å². The van der Waals surface area contributed by atoms with E-state index < -0.39 is 0 Å². The Kier molecular flexibility index (Phi) is 4.12. The molecule has 0 spiro atoms. The van der Waals surface area contributed by atoms with E-state index in [4.69, 9.17) is 4.74 Å². The number of halogens is 1. The van der Waals surface area contributed by atoms with Crippen molar-refractivity contribution in [3.8, 4) is 17.1 Å². The Hall–Kier alpha value is -1.60. The lowest BCUT2D eigenvalue weighted by molar-refractivity contribution is 0.416. The number of ether oxygens (including phenoxy) is 1. The summed E-state index contributed by atoms with van der Waals surface area (Å²) in [6.45, 7) is 4.94. The van der Waals surface area contributed by atoms with Gasteiger partial charge < -0.3 is 15.0 Å². The van der Waals surface area contributed by atoms with Crippen LogP contribution in [0.2, 0.25) is 0 Å². The quantitative estimate of drug-likeness (QED) is 0.885. The number of hydrogen-bond donors (Lipinski definition) is 2. The molecule has 1 unspecified atom stereocenters. The van der Waals surface area contributed by atoms with Crippen LogP contribution in [-0.2, 0) is 0 Å². The first-order valence-electron chi connectivity index (χ1n) is 6.92. The van der Waals surface area contributed by atoms with Crippen LogP contribution < -0.4 is 15.0 Å². The molecule has 112 valence electrons. The highest BCUT2D eigenvalue weighted by atomic mass is 79.9. The molecule has 0 aliphatic carbocycles. The molecular weight excluding hydrogens is 334 g/mol. The second kappa shape index (κ2) is 6.03. The summed E-state index contributed by atoms with van der Waals surface area (Å²) in [5.74, 6) is 2.23. The minimum absolute atomic E-state index is 0.447. The van der Waals surface area contributed by atoms with Gasteiger partial charge in [-0.05, 0) is 25.1 Å². The fourth-order valence-corrected chi connectivity index (χ4v) is 2.83. The summed E-state index contributed by atoms with van der Waals surface area (Å²) in [7, 11) is 1.65. The Labute approximate surface area is 132 Å². The predicted octanol–water partition coefficient (Wildman–Crippen LogP) is 2.04. The van der Waals surface area contributed by atoms with Crippen LogP contribution in [0.15, 0.2) is 22.7 Å². The average molecular weight is 352 g/mol. The van der Waals surface area contributed by atoms with E-state index in [0.29, 0.717) is 6.04 Å². The number of anilines is 1. The largest absolute Gasteiger partial charge is 0.496 e. The SMILES string of the molecule is COc1cc(Br)ccc1-c1nc(N2CCNC(C)C2)n[nH]1. The molecule has 0 radical (unpaired) electrons. The molecule has 1 aliphatic rings. The number of H-pyrrole nitrogens is 1. The molecule has 1 atom stereocenters. The smallest absolute Gasteiger partial charge is 0.245 e. The van der Waals surface area contributed by atoms with Gasteiger partial charge in [0.05, 0.1) is 12.7 Å². The number of rotatable bonds is 3. The first kappa shape index (κ1) is 14.3. The maximum absolute atomic E-state index is 5.41. The standard InChI is InChI=1S/C14H18BrN5O/c1-9-8-20(6-5-16-9)14-17-13(18-19-14)11-4-3-10(15)7-12(11)21-2/h3-4,7,9,16H,5-6,8H2,1-2H3,(H,17,18,19). The molecule has 1 fully saturated rings. The lowest BCUT2D eigenvalue weighted by Gasteiger charge is -2.30. The van der Waals surface area contributed by atoms with Gasteiger partial charge in [0.2, 0.25) is 5.95 Å². The molecule has 3 rings (SSSR count). The first-order chi connectivity index (χ1) is 10.2. The van der Waals surface area contributed by atoms with Crippen molar-refractivity contribution < 1.29 is 4.74 Å². The molecule has 1 saturated heterocycles. The predicted molar refractivity (Wildman–Crippen MR) is 85.7 cm³/mol. The Bertz CT molecular complexity index is 630. The van der Waals surface area contributed by atoms with Gasteiger partial charge >= 0.3 is 0 Å². The van der Waals surface area contributed by atoms with E-state index in [-0.39, 0.29) is 0 Å². The van der Waals surface area contributed by atoms with E-state index in [2.05, 4.69) is 48.3 Å². The van der Waals surface area contributed by atoms with E-state index in [9.17, 15) is 0 Å². The van der Waals surface area contributed by atoms with Gasteiger partial charge in [0.25, 0.3) is 0 Å². The van der Waals surface area contributed by atoms with Gasteiger partial charge in [0.15, 0.2) is 5.82 Å². The molecule has 2 N–H and O–H groups in total. The third-order valence-corrected chi connectivity index (χ3v) is 4.04. The van der Waals surface area contributed by atoms with Crippen LogP contribution in [0, 0.1) is 0 Å². The summed E-state index contributed by atoms with van der Waals surface area (Å²) >= 11 is 3.44. The highest BCUT2D eigenvalue weighted by Crippen LogP contribution is 2.31. The summed E-state index contributed by atoms with van der Waals surface area (Å²) in [6.07, 6.45) is 0. The Morgan fingerprint density at radius 2 is 2.29 bits per heavy atom. The first-order valence-corrected chi connectivity index (χ1v) is 7.71. The van der Waals surface area contributed by atoms with Crippen molar-refractivity contribution >= 4 is 21.9 Å². The second-order valence-corrected chi connectivity index (χ2v) is 6.05. The fourth-order valence-electron chi connectivity index (χ4n) is 2.49. The minimum atomic E-state index is 0.447. The van der Waals surface area contributed by atoms with Crippen molar-refractivity contribution in [2.45, 2.75) is 13.0 Å². The summed E-state index contributed by atoms with van der Waals surface area (Å²) in [4.78, 5) is 6.80. The molecule has 0 saturated carbocycles. The number of aromatic amines is 1. The van der Waals surface area contributed by atoms with Crippen molar-refractivity contribution in [1.82, 2.24) is 20.5 Å². The van der Waals surface area contributed by atoms with E-state index >= 15 is 0 Å². The minimum Gasteiger partial charge on any atom is -0.496 e. The zero-order valence-corrected chi connectivity index (χ0v) is 13.6. The normalized spacial score (nSPS) is 18.8. The summed E-state index contributed by atoms with van der Waals surface area (Å²) in [5, 5.41) is 10.8. The third-order valence-electron chi connectivity index (χ3n) is 3.54. The van der Waals surface area contributed by atoms with Crippen LogP contribution >= 0.6 is 15.9 Å². The van der Waals surface area contributed by atoms with Gasteiger partial charge in [0.1, 0.15) is 5.75 Å². The van der Waals surface area contributed by atoms with Crippen molar-refractivity contribution in [2.24, 2.45) is 0 Å². The molecule has 6 nitrogen and oxygen atoms in total. The molecule has 1 aromatic heterocycles. The fraction of sp³-hybridized carbons (Fsp3) is 0.429. The lowest BCUT2D eigenvalue weighted by atomic mass is 10.2. The summed E-state index contributed by atoms with van der Waals surface area (Å²) in [6, 6.07) is 6.30. The van der Waals surface area contributed by atoms with Crippen LogP contribution in [0.1, 0.15) is 6.92 Å². The maximum Gasteiger partial charge on any atom is 0.245 e. The Balaban J connectivity index is 1.88. The van der Waals surface area contributed by atoms with Gasteiger partial charge in [-0.2, -0.15) is 4.98 Å². The molecule has 21 heavy (non-hydrogen) atoms. The average Bonchev–Trinajstić information content (AvgIpc) is 2.96. The molecule has 0 amide bonds. The number of methoxy groups -OCH3 is 1. The van der Waals surface area contributed by atoms with E-state index in [0.717, 1.165) is 47.2 Å². The van der Waals surface area contributed by atoms with Gasteiger partial charge in [-0.1, -0.05) is 15.9 Å². The molecule has 7 heteroatoms. The van der Waals surface area contributed by atoms with Gasteiger partial charge in [-0.3, -0.25) is 5.10 Å². The van der Waals surface area contributed by atoms with E-state index in [1.165, 1.54) is 0 Å². The van der Waals surface area contributed by atoms with Gasteiger partial charge in [0, 0.05) is 30.1 Å². The zero-order valence-electron chi connectivity index (χ0n) is 12.1. The number of nitrogens with one attached hydrogen (secondary N) is 2. The highest BCUT2D eigenvalue weighted by Gasteiger charge is 2.20. The van der Waals surface area contributed by atoms with Crippen molar-refractivity contribution in [1.29, 1.82) is 0 Å². The number of nitrogens with zero attached hydrogens (tertiary/aromatic N) is 3. The third kappa shape index (κ3) is 3.03. The van der Waals surface area contributed by atoms with Crippen molar-refractivity contribution in [3.63, 3.8) is 0 Å². The number of piperazine rings is 1. The van der Waals surface area contributed by atoms with Crippen LogP contribution in [0.5, 0.6) is 5.75 Å². The molecule has 0 bridgehead atoms. The number of aromatic nitrogens is 3. The molecule has 1 aromatic carbocycles. The van der Waals surface area contributed by atoms with E-state index in [1.807, 2.05) is 18.2 Å². The Morgan fingerprint density at radius 3 is 3.05 bits per heavy atom. The molecule has 2 heterocycles. The second-order valence-electron chi connectivity index (χ2n) is 5.13. The van der Waals surface area contributed by atoms with Crippen LogP contribution in [0.25, 0.3) is 11.4 Å². The van der Waals surface area contributed by atoms with Crippen LogP contribution in [-0.4, -0.2) is 48.0 Å². The summed E-state index contributed by atoms with van der Waals surface area (Å²) < 4.78 is 6.38. The van der Waals surface area contributed by atoms with E-state index in [1.54, 1.807) is 7.11 Å². The number of benzene rings is 1. The molecule has 1 aliphatic heterocycles. The lowest BCUT2D eigenvalue weighted by Crippen LogP contribution is -2.49. The zero-order chi connectivity index (χ0) is 14.8. The topological polar surface area (TPSA) is 66.1 Å². The number of hydrogen-bond acceptors (Lipinski definition) is 5. The van der Waals surface area contributed by atoms with Gasteiger partial charge in [-0.25, -0.2) is 0 Å². The molecular formula is C14H18BrN5O. The maximum atomic E-state index is 5.41. The Morgan fingerprint density at radius 1 is 1.43 bits per heavy atom. The van der Waals surface area contributed by atoms with Crippen LogP contribution in [0.4, 0.5) is 5.95 Å². The van der Waals surface area contributed by atoms with Gasteiger partial charge in [-0.15, -0.1) is 5.10 Å².